The van der Waals surface area contributed by atoms with Crippen molar-refractivity contribution in [3.63, 3.8) is 0 Å². The van der Waals surface area contributed by atoms with Gasteiger partial charge >= 0.3 is 0 Å². The highest BCUT2D eigenvalue weighted by Gasteiger charge is 2.28. The molecule has 0 bridgehead atoms. The Labute approximate surface area is 91.5 Å². The first-order chi connectivity index (χ1) is 6.90. The van der Waals surface area contributed by atoms with Crippen LogP contribution in [-0.2, 0) is 12.5 Å². The monoisotopic (exact) mass is 212 g/mol. The van der Waals surface area contributed by atoms with Crippen molar-refractivity contribution in [2.75, 3.05) is 0 Å². The third-order valence-corrected chi connectivity index (χ3v) is 3.12. The van der Waals surface area contributed by atoms with E-state index < -0.39 is 0 Å². The number of rotatable bonds is 4. The van der Waals surface area contributed by atoms with Gasteiger partial charge in [-0.3, -0.25) is 4.68 Å². The molecule has 0 aromatic carbocycles. The Morgan fingerprint density at radius 3 is 2.40 bits per heavy atom. The van der Waals surface area contributed by atoms with Gasteiger partial charge in [0.1, 0.15) is 0 Å². The number of unbranched alkanes of at least 4 members (excludes halogenated alkanes) is 1. The molecular formula is C12H21FN2. The molecule has 0 saturated heterocycles. The molecule has 0 unspecified atom stereocenters. The average Bonchev–Trinajstić information content (AvgIpc) is 2.38. The van der Waals surface area contributed by atoms with Crippen molar-refractivity contribution >= 4 is 0 Å². The first-order valence-corrected chi connectivity index (χ1v) is 5.59. The van der Waals surface area contributed by atoms with E-state index in [1.165, 1.54) is 0 Å². The summed E-state index contributed by atoms with van der Waals surface area (Å²) in [6.45, 7) is 8.27. The predicted molar refractivity (Wildman–Crippen MR) is 60.5 cm³/mol. The Morgan fingerprint density at radius 2 is 2.00 bits per heavy atom. The van der Waals surface area contributed by atoms with Gasteiger partial charge in [-0.25, -0.2) is 0 Å². The summed E-state index contributed by atoms with van der Waals surface area (Å²) in [7, 11) is 1.79. The van der Waals surface area contributed by atoms with Gasteiger partial charge in [-0.1, -0.05) is 33.6 Å². The van der Waals surface area contributed by atoms with E-state index in [0.717, 1.165) is 30.5 Å². The summed E-state index contributed by atoms with van der Waals surface area (Å²) >= 11 is 0. The van der Waals surface area contributed by atoms with E-state index in [9.17, 15) is 4.39 Å². The average molecular weight is 212 g/mol. The van der Waals surface area contributed by atoms with Gasteiger partial charge in [-0.15, -0.1) is 5.10 Å². The Kier molecular flexibility index (Phi) is 3.53. The van der Waals surface area contributed by atoms with E-state index in [4.69, 9.17) is 0 Å². The molecule has 0 N–H and O–H groups in total. The van der Waals surface area contributed by atoms with Gasteiger partial charge in [-0.2, -0.15) is 4.39 Å². The Hall–Kier alpha value is -0.860. The van der Waals surface area contributed by atoms with Crippen LogP contribution in [0.15, 0.2) is 0 Å². The maximum Gasteiger partial charge on any atom is 0.236 e. The molecule has 0 fully saturated rings. The number of halogens is 1. The lowest BCUT2D eigenvalue weighted by Crippen LogP contribution is -2.19. The van der Waals surface area contributed by atoms with Crippen LogP contribution in [0.4, 0.5) is 4.39 Å². The van der Waals surface area contributed by atoms with E-state index in [1.807, 2.05) is 6.92 Å². The summed E-state index contributed by atoms with van der Waals surface area (Å²) in [6.07, 6.45) is 3.28. The molecule has 2 nitrogen and oxygen atoms in total. The molecule has 1 heterocycles. The minimum absolute atomic E-state index is 0.113. The molecule has 0 aliphatic carbocycles. The first-order valence-electron chi connectivity index (χ1n) is 5.59. The van der Waals surface area contributed by atoms with Crippen LogP contribution < -0.4 is 0 Å². The lowest BCUT2D eigenvalue weighted by Gasteiger charge is -2.24. The summed E-state index contributed by atoms with van der Waals surface area (Å²) in [5, 5.41) is 3.83. The van der Waals surface area contributed by atoms with Crippen LogP contribution >= 0.6 is 0 Å². The van der Waals surface area contributed by atoms with Gasteiger partial charge in [-0.05, 0) is 18.8 Å². The van der Waals surface area contributed by atoms with E-state index in [0.29, 0.717) is 0 Å². The SMILES string of the molecule is CCCCC(C)(C)c1c(F)nn(C)c1C. The fourth-order valence-electron chi connectivity index (χ4n) is 2.08. The molecule has 0 aliphatic rings. The van der Waals surface area contributed by atoms with Crippen molar-refractivity contribution in [3.8, 4) is 0 Å². The largest absolute Gasteiger partial charge is 0.270 e. The maximum absolute atomic E-state index is 13.7. The van der Waals surface area contributed by atoms with Gasteiger partial charge in [0.05, 0.1) is 0 Å². The Bertz CT molecular complexity index is 340. The Balaban J connectivity index is 3.03. The highest BCUT2D eigenvalue weighted by atomic mass is 19.1. The third kappa shape index (κ3) is 2.39. The lowest BCUT2D eigenvalue weighted by molar-refractivity contribution is 0.428. The fourth-order valence-corrected chi connectivity index (χ4v) is 2.08. The second kappa shape index (κ2) is 4.33. The summed E-state index contributed by atoms with van der Waals surface area (Å²) in [5.41, 5.74) is 1.60. The highest BCUT2D eigenvalue weighted by Crippen LogP contribution is 2.32. The van der Waals surface area contributed by atoms with Gasteiger partial charge in [0.15, 0.2) is 0 Å². The van der Waals surface area contributed by atoms with Gasteiger partial charge < -0.3 is 0 Å². The molecule has 0 spiro atoms. The molecule has 1 rings (SSSR count). The Morgan fingerprint density at radius 1 is 1.40 bits per heavy atom. The quantitative estimate of drug-likeness (QED) is 0.748. The molecule has 0 atom stereocenters. The zero-order chi connectivity index (χ0) is 11.6. The molecular weight excluding hydrogens is 191 g/mol. The van der Waals surface area contributed by atoms with Gasteiger partial charge in [0.25, 0.3) is 0 Å². The summed E-state index contributed by atoms with van der Waals surface area (Å²) in [4.78, 5) is 0. The van der Waals surface area contributed by atoms with Crippen LogP contribution in [0.1, 0.15) is 51.3 Å². The van der Waals surface area contributed by atoms with Crippen LogP contribution in [-0.4, -0.2) is 9.78 Å². The molecule has 0 radical (unpaired) electrons. The van der Waals surface area contributed by atoms with Gasteiger partial charge in [0, 0.05) is 18.3 Å². The van der Waals surface area contributed by atoms with Crippen LogP contribution in [0, 0.1) is 12.9 Å². The zero-order valence-corrected chi connectivity index (χ0v) is 10.4. The summed E-state index contributed by atoms with van der Waals surface area (Å²) < 4.78 is 15.3. The molecule has 0 aliphatic heterocycles. The molecule has 1 aromatic heterocycles. The number of aromatic nitrogens is 2. The van der Waals surface area contributed by atoms with E-state index in [-0.39, 0.29) is 11.4 Å². The second-order valence-corrected chi connectivity index (χ2v) is 4.86. The summed E-state index contributed by atoms with van der Waals surface area (Å²) in [6, 6.07) is 0. The number of nitrogens with zero attached hydrogens (tertiary/aromatic N) is 2. The van der Waals surface area contributed by atoms with Crippen molar-refractivity contribution in [1.29, 1.82) is 0 Å². The standard InChI is InChI=1S/C12H21FN2/c1-6-7-8-12(3,4)10-9(2)15(5)14-11(10)13/h6-8H2,1-5H3. The number of hydrogen-bond donors (Lipinski definition) is 0. The van der Waals surface area contributed by atoms with E-state index in [2.05, 4.69) is 25.9 Å². The van der Waals surface area contributed by atoms with E-state index >= 15 is 0 Å². The normalized spacial score (nSPS) is 12.1. The van der Waals surface area contributed by atoms with Crippen molar-refractivity contribution in [2.24, 2.45) is 7.05 Å². The third-order valence-electron chi connectivity index (χ3n) is 3.12. The number of hydrogen-bond acceptors (Lipinski definition) is 1. The molecule has 3 heteroatoms. The minimum atomic E-state index is -0.309. The minimum Gasteiger partial charge on any atom is -0.270 e. The molecule has 0 saturated carbocycles. The van der Waals surface area contributed by atoms with E-state index in [1.54, 1.807) is 11.7 Å². The molecule has 15 heavy (non-hydrogen) atoms. The van der Waals surface area contributed by atoms with Crippen LogP contribution in [0.3, 0.4) is 0 Å². The fraction of sp³-hybridized carbons (Fsp3) is 0.750. The predicted octanol–water partition coefficient (Wildman–Crippen LogP) is 3.34. The highest BCUT2D eigenvalue weighted by molar-refractivity contribution is 5.26. The smallest absolute Gasteiger partial charge is 0.236 e. The lowest BCUT2D eigenvalue weighted by atomic mass is 9.80. The van der Waals surface area contributed by atoms with Crippen molar-refractivity contribution in [2.45, 2.75) is 52.4 Å². The van der Waals surface area contributed by atoms with Crippen LogP contribution in [0.2, 0.25) is 0 Å². The van der Waals surface area contributed by atoms with Crippen LogP contribution in [0.5, 0.6) is 0 Å². The van der Waals surface area contributed by atoms with Crippen LogP contribution in [0.25, 0.3) is 0 Å². The maximum atomic E-state index is 13.7. The molecule has 86 valence electrons. The van der Waals surface area contributed by atoms with Crippen molar-refractivity contribution < 1.29 is 4.39 Å². The van der Waals surface area contributed by atoms with Gasteiger partial charge in [0.2, 0.25) is 5.95 Å². The molecule has 1 aromatic rings. The molecule has 0 amide bonds. The topological polar surface area (TPSA) is 17.8 Å². The van der Waals surface area contributed by atoms with Crippen molar-refractivity contribution in [3.05, 3.63) is 17.2 Å². The zero-order valence-electron chi connectivity index (χ0n) is 10.4. The van der Waals surface area contributed by atoms with Crippen molar-refractivity contribution in [1.82, 2.24) is 9.78 Å². The second-order valence-electron chi connectivity index (χ2n) is 4.86. The summed E-state index contributed by atoms with van der Waals surface area (Å²) in [5.74, 6) is -0.309. The first kappa shape index (κ1) is 12.2. The number of aryl methyl sites for hydroxylation is 1.